The van der Waals surface area contributed by atoms with Crippen LogP contribution in [0.15, 0.2) is 0 Å². The maximum Gasteiger partial charge on any atom is 0.0594 e. The molecule has 0 radical (unpaired) electrons. The second-order valence-corrected chi connectivity index (χ2v) is 5.78. The minimum Gasteiger partial charge on any atom is -0.379 e. The van der Waals surface area contributed by atoms with E-state index >= 15 is 0 Å². The summed E-state index contributed by atoms with van der Waals surface area (Å²) in [7, 11) is 0. The second-order valence-electron chi connectivity index (χ2n) is 5.78. The van der Waals surface area contributed by atoms with Crippen molar-refractivity contribution in [3.8, 4) is 0 Å². The zero-order valence-electron chi connectivity index (χ0n) is 11.5. The normalized spacial score (nSPS) is 36.0. The summed E-state index contributed by atoms with van der Waals surface area (Å²) < 4.78 is 5.37. The molecule has 0 bridgehead atoms. The van der Waals surface area contributed by atoms with E-state index in [0.717, 1.165) is 50.7 Å². The lowest BCUT2D eigenvalue weighted by Gasteiger charge is -2.35. The molecule has 0 aromatic heterocycles. The van der Waals surface area contributed by atoms with E-state index in [4.69, 9.17) is 4.74 Å². The smallest absolute Gasteiger partial charge is 0.0594 e. The lowest BCUT2D eigenvalue weighted by Crippen LogP contribution is -2.45. The third-order valence-corrected chi connectivity index (χ3v) is 4.65. The molecule has 0 aromatic carbocycles. The molecular formula is C14H28N2O. The van der Waals surface area contributed by atoms with Crippen molar-refractivity contribution in [3.05, 3.63) is 0 Å². The molecule has 2 rings (SSSR count). The van der Waals surface area contributed by atoms with Crippen molar-refractivity contribution < 1.29 is 4.74 Å². The molecule has 3 nitrogen and oxygen atoms in total. The van der Waals surface area contributed by atoms with Crippen molar-refractivity contribution in [2.75, 3.05) is 39.4 Å². The second kappa shape index (κ2) is 6.72. The van der Waals surface area contributed by atoms with E-state index in [0.29, 0.717) is 0 Å². The minimum absolute atomic E-state index is 0.750. The third-order valence-electron chi connectivity index (χ3n) is 4.65. The predicted octanol–water partition coefficient (Wildman–Crippen LogP) is 1.73. The summed E-state index contributed by atoms with van der Waals surface area (Å²) in [6, 6.07) is 0.750. The highest BCUT2D eigenvalue weighted by molar-refractivity contribution is 4.82. The molecule has 0 amide bonds. The number of rotatable bonds is 4. The number of ether oxygens (including phenoxy) is 1. The average molecular weight is 240 g/mol. The lowest BCUT2D eigenvalue weighted by molar-refractivity contribution is 0.0374. The highest BCUT2D eigenvalue weighted by Crippen LogP contribution is 2.29. The Hall–Kier alpha value is -0.120. The van der Waals surface area contributed by atoms with Crippen LogP contribution >= 0.6 is 0 Å². The molecule has 1 N–H and O–H groups in total. The summed E-state index contributed by atoms with van der Waals surface area (Å²) in [6.45, 7) is 11.2. The average Bonchev–Trinajstić information content (AvgIpc) is 2.36. The van der Waals surface area contributed by atoms with Crippen molar-refractivity contribution in [3.63, 3.8) is 0 Å². The molecule has 1 aliphatic heterocycles. The summed E-state index contributed by atoms with van der Waals surface area (Å²) in [5.74, 6) is 1.73. The molecule has 1 heterocycles. The fraction of sp³-hybridized carbons (Fsp3) is 1.00. The monoisotopic (exact) mass is 240 g/mol. The Labute approximate surface area is 106 Å². The number of hydrogen-bond acceptors (Lipinski definition) is 3. The van der Waals surface area contributed by atoms with Gasteiger partial charge in [-0.05, 0) is 18.3 Å². The molecule has 3 atom stereocenters. The first kappa shape index (κ1) is 13.3. The van der Waals surface area contributed by atoms with E-state index in [1.54, 1.807) is 0 Å². The molecule has 3 unspecified atom stereocenters. The van der Waals surface area contributed by atoms with Crippen LogP contribution in [0.25, 0.3) is 0 Å². The maximum absolute atomic E-state index is 5.37. The zero-order chi connectivity index (χ0) is 12.1. The van der Waals surface area contributed by atoms with Gasteiger partial charge >= 0.3 is 0 Å². The highest BCUT2D eigenvalue weighted by Gasteiger charge is 2.26. The predicted molar refractivity (Wildman–Crippen MR) is 71.2 cm³/mol. The topological polar surface area (TPSA) is 24.5 Å². The molecule has 1 aliphatic carbocycles. The van der Waals surface area contributed by atoms with E-state index in [9.17, 15) is 0 Å². The van der Waals surface area contributed by atoms with Crippen LogP contribution in [0.5, 0.6) is 0 Å². The molecular weight excluding hydrogens is 212 g/mol. The number of nitrogens with zero attached hydrogens (tertiary/aromatic N) is 1. The van der Waals surface area contributed by atoms with Crippen LogP contribution in [0.2, 0.25) is 0 Å². The van der Waals surface area contributed by atoms with Gasteiger partial charge in [-0.15, -0.1) is 0 Å². The summed E-state index contributed by atoms with van der Waals surface area (Å²) in [6.07, 6.45) is 4.19. The van der Waals surface area contributed by atoms with Crippen LogP contribution in [0.3, 0.4) is 0 Å². The quantitative estimate of drug-likeness (QED) is 0.810. The van der Waals surface area contributed by atoms with Crippen molar-refractivity contribution >= 4 is 0 Å². The Morgan fingerprint density at radius 3 is 2.71 bits per heavy atom. The molecule has 1 saturated carbocycles. The largest absolute Gasteiger partial charge is 0.379 e. The Bertz CT molecular complexity index is 216. The van der Waals surface area contributed by atoms with Crippen LogP contribution in [-0.2, 0) is 4.74 Å². The van der Waals surface area contributed by atoms with Crippen molar-refractivity contribution in [2.24, 2.45) is 11.8 Å². The minimum atomic E-state index is 0.750. The molecule has 2 aliphatic rings. The fourth-order valence-electron chi connectivity index (χ4n) is 3.10. The zero-order valence-corrected chi connectivity index (χ0v) is 11.5. The highest BCUT2D eigenvalue weighted by atomic mass is 16.5. The van der Waals surface area contributed by atoms with Crippen molar-refractivity contribution in [2.45, 2.75) is 39.2 Å². The third kappa shape index (κ3) is 3.94. The van der Waals surface area contributed by atoms with Crippen molar-refractivity contribution in [1.82, 2.24) is 10.2 Å². The van der Waals surface area contributed by atoms with Crippen LogP contribution in [0, 0.1) is 11.8 Å². The Morgan fingerprint density at radius 2 is 1.94 bits per heavy atom. The van der Waals surface area contributed by atoms with Gasteiger partial charge in [0.25, 0.3) is 0 Å². The van der Waals surface area contributed by atoms with E-state index in [1.807, 2.05) is 0 Å². The van der Waals surface area contributed by atoms with Gasteiger partial charge < -0.3 is 10.1 Å². The Balaban J connectivity index is 1.63. The molecule has 0 aromatic rings. The molecule has 3 heteroatoms. The van der Waals surface area contributed by atoms with Crippen molar-refractivity contribution in [1.29, 1.82) is 0 Å². The standard InChI is InChI=1S/C14H28N2O/c1-12-4-3-5-14(13(12)2)15-6-7-16-8-10-17-11-9-16/h12-15H,3-11H2,1-2H3. The first-order chi connectivity index (χ1) is 8.27. The summed E-state index contributed by atoms with van der Waals surface area (Å²) in [5, 5.41) is 3.77. The molecule has 100 valence electrons. The number of morpholine rings is 1. The first-order valence-electron chi connectivity index (χ1n) is 7.31. The van der Waals surface area contributed by atoms with Crippen LogP contribution in [-0.4, -0.2) is 50.3 Å². The van der Waals surface area contributed by atoms with Gasteiger partial charge in [-0.25, -0.2) is 0 Å². The first-order valence-corrected chi connectivity index (χ1v) is 7.31. The molecule has 17 heavy (non-hydrogen) atoms. The SMILES string of the molecule is CC1CCCC(NCCN2CCOCC2)C1C. The van der Waals surface area contributed by atoms with Gasteiger partial charge in [-0.3, -0.25) is 4.90 Å². The number of nitrogens with one attached hydrogen (secondary N) is 1. The fourth-order valence-corrected chi connectivity index (χ4v) is 3.10. The van der Waals surface area contributed by atoms with Gasteiger partial charge in [0.2, 0.25) is 0 Å². The molecule has 0 spiro atoms. The Morgan fingerprint density at radius 1 is 1.18 bits per heavy atom. The molecule has 2 fully saturated rings. The number of hydrogen-bond donors (Lipinski definition) is 1. The lowest BCUT2D eigenvalue weighted by atomic mass is 9.78. The van der Waals surface area contributed by atoms with E-state index in [-0.39, 0.29) is 0 Å². The van der Waals surface area contributed by atoms with Gasteiger partial charge in [0.1, 0.15) is 0 Å². The van der Waals surface area contributed by atoms with Crippen LogP contribution in [0.1, 0.15) is 33.1 Å². The van der Waals surface area contributed by atoms with E-state index < -0.39 is 0 Å². The maximum atomic E-state index is 5.37. The van der Waals surface area contributed by atoms with Gasteiger partial charge in [0, 0.05) is 32.2 Å². The van der Waals surface area contributed by atoms with Gasteiger partial charge in [-0.2, -0.15) is 0 Å². The van der Waals surface area contributed by atoms with Gasteiger partial charge in [0.05, 0.1) is 13.2 Å². The van der Waals surface area contributed by atoms with Crippen LogP contribution < -0.4 is 5.32 Å². The summed E-state index contributed by atoms with van der Waals surface area (Å²) in [4.78, 5) is 2.51. The van der Waals surface area contributed by atoms with Gasteiger partial charge in [0.15, 0.2) is 0 Å². The van der Waals surface area contributed by atoms with E-state index in [2.05, 4.69) is 24.1 Å². The van der Waals surface area contributed by atoms with Crippen LogP contribution in [0.4, 0.5) is 0 Å². The van der Waals surface area contributed by atoms with Gasteiger partial charge in [-0.1, -0.05) is 26.7 Å². The van der Waals surface area contributed by atoms with E-state index in [1.165, 1.54) is 25.8 Å². The Kier molecular flexibility index (Phi) is 5.26. The summed E-state index contributed by atoms with van der Waals surface area (Å²) in [5.41, 5.74) is 0. The summed E-state index contributed by atoms with van der Waals surface area (Å²) >= 11 is 0. The molecule has 1 saturated heterocycles.